The molecule has 1 heterocycles. The molecule has 0 radical (unpaired) electrons. The van der Waals surface area contributed by atoms with Gasteiger partial charge in [-0.3, -0.25) is 0 Å². The highest BCUT2D eigenvalue weighted by Gasteiger charge is 2.13. The second kappa shape index (κ2) is 5.92. The number of hydrogen-bond acceptors (Lipinski definition) is 3. The molecular weight excluding hydrogens is 212 g/mol. The summed E-state index contributed by atoms with van der Waals surface area (Å²) in [5.41, 5.74) is 9.01. The number of benzene rings is 1. The summed E-state index contributed by atoms with van der Waals surface area (Å²) in [6.45, 7) is 3.93. The number of nitrogens with two attached hydrogens (primary N) is 1. The Morgan fingerprint density at radius 1 is 1.41 bits per heavy atom. The van der Waals surface area contributed by atoms with Crippen molar-refractivity contribution in [1.29, 1.82) is 0 Å². The van der Waals surface area contributed by atoms with Crippen LogP contribution < -0.4 is 11.1 Å². The summed E-state index contributed by atoms with van der Waals surface area (Å²) in [4.78, 5) is 0. The van der Waals surface area contributed by atoms with Crippen LogP contribution >= 0.6 is 0 Å². The van der Waals surface area contributed by atoms with E-state index in [1.165, 1.54) is 24.8 Å². The van der Waals surface area contributed by atoms with Crippen LogP contribution in [0.2, 0.25) is 0 Å². The molecule has 0 aromatic heterocycles. The third-order valence-corrected chi connectivity index (χ3v) is 3.26. The molecule has 1 aliphatic rings. The van der Waals surface area contributed by atoms with Gasteiger partial charge >= 0.3 is 0 Å². The lowest BCUT2D eigenvalue weighted by Crippen LogP contribution is -2.22. The third-order valence-electron chi connectivity index (χ3n) is 3.26. The van der Waals surface area contributed by atoms with Crippen LogP contribution in [0.5, 0.6) is 0 Å². The zero-order valence-electron chi connectivity index (χ0n) is 10.5. The van der Waals surface area contributed by atoms with Crippen LogP contribution in [0.1, 0.15) is 31.2 Å². The van der Waals surface area contributed by atoms with Crippen molar-refractivity contribution in [2.45, 2.75) is 38.7 Å². The largest absolute Gasteiger partial charge is 0.397 e. The van der Waals surface area contributed by atoms with Crippen LogP contribution in [0.4, 0.5) is 11.4 Å². The van der Waals surface area contributed by atoms with Gasteiger partial charge in [0.25, 0.3) is 0 Å². The minimum absolute atomic E-state index is 0.433. The van der Waals surface area contributed by atoms with Gasteiger partial charge in [-0.05, 0) is 50.3 Å². The second-order valence-corrected chi connectivity index (χ2v) is 4.79. The quantitative estimate of drug-likeness (QED) is 0.787. The molecular formula is C14H22N2O. The number of rotatable bonds is 4. The zero-order valence-corrected chi connectivity index (χ0v) is 10.5. The lowest BCUT2D eigenvalue weighted by Gasteiger charge is -2.22. The average Bonchev–Trinajstić information content (AvgIpc) is 2.35. The van der Waals surface area contributed by atoms with Gasteiger partial charge in [-0.1, -0.05) is 6.07 Å². The second-order valence-electron chi connectivity index (χ2n) is 4.79. The maximum Gasteiger partial charge on any atom is 0.0591 e. The molecule has 17 heavy (non-hydrogen) atoms. The Bertz CT molecular complexity index is 359. The monoisotopic (exact) mass is 234 g/mol. The summed E-state index contributed by atoms with van der Waals surface area (Å²) in [6, 6.07) is 6.08. The van der Waals surface area contributed by atoms with Crippen molar-refractivity contribution >= 4 is 11.4 Å². The Labute approximate surface area is 103 Å². The van der Waals surface area contributed by atoms with Crippen LogP contribution in [0, 0.1) is 6.92 Å². The normalized spacial score (nSPS) is 20.2. The van der Waals surface area contributed by atoms with Gasteiger partial charge in [0.1, 0.15) is 0 Å². The first-order valence-electron chi connectivity index (χ1n) is 6.47. The summed E-state index contributed by atoms with van der Waals surface area (Å²) >= 11 is 0. The van der Waals surface area contributed by atoms with Crippen molar-refractivity contribution in [2.24, 2.45) is 0 Å². The SMILES string of the molecule is Cc1ccc(N)c(NCCC2CCCCO2)c1. The third kappa shape index (κ3) is 3.63. The van der Waals surface area contributed by atoms with Crippen molar-refractivity contribution in [3.05, 3.63) is 23.8 Å². The minimum Gasteiger partial charge on any atom is -0.397 e. The summed E-state index contributed by atoms with van der Waals surface area (Å²) in [5, 5.41) is 3.40. The van der Waals surface area contributed by atoms with E-state index in [4.69, 9.17) is 10.5 Å². The molecule has 3 nitrogen and oxygen atoms in total. The molecule has 1 fully saturated rings. The van der Waals surface area contributed by atoms with E-state index in [1.54, 1.807) is 0 Å². The van der Waals surface area contributed by atoms with Gasteiger partial charge in [0.05, 0.1) is 17.5 Å². The van der Waals surface area contributed by atoms with Crippen LogP contribution in [0.15, 0.2) is 18.2 Å². The van der Waals surface area contributed by atoms with Gasteiger partial charge < -0.3 is 15.8 Å². The number of nitrogens with one attached hydrogen (secondary N) is 1. The maximum atomic E-state index is 5.91. The molecule has 94 valence electrons. The zero-order chi connectivity index (χ0) is 12.1. The lowest BCUT2D eigenvalue weighted by atomic mass is 10.1. The van der Waals surface area contributed by atoms with E-state index in [-0.39, 0.29) is 0 Å². The fourth-order valence-corrected chi connectivity index (χ4v) is 2.23. The molecule has 1 aliphatic heterocycles. The van der Waals surface area contributed by atoms with Crippen molar-refractivity contribution in [3.63, 3.8) is 0 Å². The molecule has 0 aliphatic carbocycles. The standard InChI is InChI=1S/C14H22N2O/c1-11-5-6-13(15)14(10-11)16-8-7-12-4-2-3-9-17-12/h5-6,10,12,16H,2-4,7-9,15H2,1H3. The summed E-state index contributed by atoms with van der Waals surface area (Å²) in [5.74, 6) is 0. The Morgan fingerprint density at radius 2 is 2.29 bits per heavy atom. The molecule has 3 heteroatoms. The van der Waals surface area contributed by atoms with Crippen molar-refractivity contribution in [2.75, 3.05) is 24.2 Å². The predicted molar refractivity (Wildman–Crippen MR) is 72.3 cm³/mol. The molecule has 1 aromatic carbocycles. The van der Waals surface area contributed by atoms with Gasteiger partial charge in [0, 0.05) is 13.2 Å². The van der Waals surface area contributed by atoms with Crippen LogP contribution in [-0.4, -0.2) is 19.3 Å². The van der Waals surface area contributed by atoms with Gasteiger partial charge in [-0.25, -0.2) is 0 Å². The van der Waals surface area contributed by atoms with Crippen molar-refractivity contribution in [3.8, 4) is 0 Å². The fraction of sp³-hybridized carbons (Fsp3) is 0.571. The molecule has 1 saturated heterocycles. The van der Waals surface area contributed by atoms with Crippen LogP contribution in [0.3, 0.4) is 0 Å². The number of anilines is 2. The summed E-state index contributed by atoms with van der Waals surface area (Å²) in [7, 11) is 0. The molecule has 0 saturated carbocycles. The number of ether oxygens (including phenoxy) is 1. The molecule has 1 unspecified atom stereocenters. The van der Waals surface area contributed by atoms with Crippen molar-refractivity contribution < 1.29 is 4.74 Å². The van der Waals surface area contributed by atoms with Gasteiger partial charge in [-0.15, -0.1) is 0 Å². The Balaban J connectivity index is 1.79. The van der Waals surface area contributed by atoms with E-state index in [0.29, 0.717) is 6.10 Å². The van der Waals surface area contributed by atoms with Crippen LogP contribution in [0.25, 0.3) is 0 Å². The van der Waals surface area contributed by atoms with E-state index >= 15 is 0 Å². The highest BCUT2D eigenvalue weighted by Crippen LogP contribution is 2.20. The lowest BCUT2D eigenvalue weighted by molar-refractivity contribution is 0.0134. The first-order chi connectivity index (χ1) is 8.25. The minimum atomic E-state index is 0.433. The average molecular weight is 234 g/mol. The first-order valence-corrected chi connectivity index (χ1v) is 6.47. The highest BCUT2D eigenvalue weighted by atomic mass is 16.5. The van der Waals surface area contributed by atoms with E-state index < -0.39 is 0 Å². The maximum absolute atomic E-state index is 5.91. The Kier molecular flexibility index (Phi) is 4.26. The molecule has 1 atom stereocenters. The van der Waals surface area contributed by atoms with E-state index in [2.05, 4.69) is 18.3 Å². The fourth-order valence-electron chi connectivity index (χ4n) is 2.23. The molecule has 0 bridgehead atoms. The van der Waals surface area contributed by atoms with E-state index in [9.17, 15) is 0 Å². The van der Waals surface area contributed by atoms with Crippen LogP contribution in [-0.2, 0) is 4.74 Å². The van der Waals surface area contributed by atoms with Gasteiger partial charge in [-0.2, -0.15) is 0 Å². The number of nitrogen functional groups attached to an aromatic ring is 1. The Hall–Kier alpha value is -1.22. The summed E-state index contributed by atoms with van der Waals surface area (Å²) < 4.78 is 5.70. The number of aryl methyl sites for hydroxylation is 1. The van der Waals surface area contributed by atoms with Gasteiger partial charge in [0.15, 0.2) is 0 Å². The molecule has 2 rings (SSSR count). The van der Waals surface area contributed by atoms with E-state index in [1.807, 2.05) is 12.1 Å². The molecule has 0 amide bonds. The molecule has 1 aromatic rings. The topological polar surface area (TPSA) is 47.3 Å². The highest BCUT2D eigenvalue weighted by molar-refractivity contribution is 5.66. The Morgan fingerprint density at radius 3 is 3.06 bits per heavy atom. The number of hydrogen-bond donors (Lipinski definition) is 2. The predicted octanol–water partition coefficient (Wildman–Crippen LogP) is 2.95. The molecule has 3 N–H and O–H groups in total. The first kappa shape index (κ1) is 12.2. The van der Waals surface area contributed by atoms with Crippen molar-refractivity contribution in [1.82, 2.24) is 0 Å². The van der Waals surface area contributed by atoms with E-state index in [0.717, 1.165) is 30.9 Å². The smallest absolute Gasteiger partial charge is 0.0591 e. The van der Waals surface area contributed by atoms with Gasteiger partial charge in [0.2, 0.25) is 0 Å². The molecule has 0 spiro atoms. The summed E-state index contributed by atoms with van der Waals surface area (Å²) in [6.07, 6.45) is 5.21.